The minimum absolute atomic E-state index is 0.0934. The number of aromatic nitrogens is 3. The molecule has 220 valence electrons. The molecule has 2 N–H and O–H groups in total. The van der Waals surface area contributed by atoms with E-state index in [9.17, 15) is 23.6 Å². The van der Waals surface area contributed by atoms with E-state index in [0.29, 0.717) is 34.3 Å². The van der Waals surface area contributed by atoms with E-state index < -0.39 is 28.2 Å². The van der Waals surface area contributed by atoms with Crippen molar-refractivity contribution in [1.82, 2.24) is 18.6 Å². The van der Waals surface area contributed by atoms with Crippen LogP contribution in [0.5, 0.6) is 0 Å². The molecule has 0 unspecified atom stereocenters. The Morgan fingerprint density at radius 2 is 1.83 bits per heavy atom. The van der Waals surface area contributed by atoms with Crippen LogP contribution in [0.15, 0.2) is 56.8 Å². The van der Waals surface area contributed by atoms with Crippen LogP contribution in [0.25, 0.3) is 16.6 Å². The van der Waals surface area contributed by atoms with Crippen LogP contribution in [0.3, 0.4) is 0 Å². The molecule has 0 aliphatic heterocycles. The zero-order chi connectivity index (χ0) is 30.5. The number of pyridine rings is 1. The molecule has 2 aromatic carbocycles. The van der Waals surface area contributed by atoms with E-state index in [1.165, 1.54) is 26.8 Å². The number of rotatable bonds is 9. The molecule has 42 heavy (non-hydrogen) atoms. The number of aryl methyl sites for hydroxylation is 1. The number of anilines is 3. The molecule has 1 atom stereocenters. The number of benzene rings is 2. The molecular formula is C30H32FIN6O4. The predicted molar refractivity (Wildman–Crippen MR) is 171 cm³/mol. The van der Waals surface area contributed by atoms with Crippen molar-refractivity contribution < 1.29 is 9.18 Å². The summed E-state index contributed by atoms with van der Waals surface area (Å²) in [6.45, 7) is 3.69. The summed E-state index contributed by atoms with van der Waals surface area (Å²) in [6, 6.07) is 11.4. The lowest BCUT2D eigenvalue weighted by Crippen LogP contribution is -2.48. The van der Waals surface area contributed by atoms with E-state index in [1.807, 2.05) is 54.6 Å². The van der Waals surface area contributed by atoms with Crippen molar-refractivity contribution in [1.29, 1.82) is 0 Å². The van der Waals surface area contributed by atoms with Gasteiger partial charge in [-0.05, 0) is 99.8 Å². The van der Waals surface area contributed by atoms with Gasteiger partial charge in [0.1, 0.15) is 23.3 Å². The van der Waals surface area contributed by atoms with Gasteiger partial charge in [-0.15, -0.1) is 0 Å². The highest BCUT2D eigenvalue weighted by Gasteiger charge is 2.32. The van der Waals surface area contributed by atoms with Crippen LogP contribution in [0.2, 0.25) is 0 Å². The number of aldehydes is 1. The topological polar surface area (TPSA) is 110 Å². The van der Waals surface area contributed by atoms with Crippen molar-refractivity contribution in [2.45, 2.75) is 38.3 Å². The summed E-state index contributed by atoms with van der Waals surface area (Å²) in [4.78, 5) is 55.1. The van der Waals surface area contributed by atoms with Gasteiger partial charge in [0.15, 0.2) is 0 Å². The Hall–Kier alpha value is -3.78. The predicted octanol–water partition coefficient (Wildman–Crippen LogP) is 3.91. The minimum Gasteiger partial charge on any atom is -0.383 e. The first kappa shape index (κ1) is 29.7. The summed E-state index contributed by atoms with van der Waals surface area (Å²) in [5, 5.41) is 6.35. The quantitative estimate of drug-likeness (QED) is 0.203. The molecule has 4 aromatic rings. The fourth-order valence-electron chi connectivity index (χ4n) is 4.91. The molecule has 1 fully saturated rings. The molecule has 2 heterocycles. The normalized spacial score (nSPS) is 14.7. The smallest absolute Gasteiger partial charge is 0.336 e. The largest absolute Gasteiger partial charge is 0.383 e. The average molecular weight is 687 g/mol. The van der Waals surface area contributed by atoms with Gasteiger partial charge in [-0.3, -0.25) is 28.2 Å². The van der Waals surface area contributed by atoms with Crippen LogP contribution in [0.1, 0.15) is 31.4 Å². The lowest BCUT2D eigenvalue weighted by atomic mass is 10.0. The second kappa shape index (κ2) is 11.1. The van der Waals surface area contributed by atoms with Gasteiger partial charge in [-0.1, -0.05) is 6.07 Å². The first-order valence-electron chi connectivity index (χ1n) is 13.5. The maximum absolute atomic E-state index is 14.9. The van der Waals surface area contributed by atoms with Crippen LogP contribution in [-0.4, -0.2) is 51.1 Å². The highest BCUT2D eigenvalue weighted by molar-refractivity contribution is 14.1. The number of carbonyl (C=O) groups excluding carboxylic acids is 1. The molecule has 2 aromatic heterocycles. The second-order valence-electron chi connectivity index (χ2n) is 11.1. The number of fused-ring (bicyclic) bond motifs is 1. The van der Waals surface area contributed by atoms with Crippen LogP contribution < -0.4 is 27.4 Å². The van der Waals surface area contributed by atoms with Gasteiger partial charge in [-0.2, -0.15) is 0 Å². The van der Waals surface area contributed by atoms with Crippen LogP contribution in [0.4, 0.5) is 21.6 Å². The number of hydrogen-bond acceptors (Lipinski definition) is 7. The standard InChI is InChI=1S/C30H32FIN6O4/c1-17-25-24(26(36(5)27(17)40)34-23-12-9-18(32)13-22(23)31)28(41)38(20-10-11-20)29(42)37(25)21-8-6-7-19(14-21)33-15-30(2,16-39)35(3)4/h6-9,12-14,16,20,33-34H,10-11,15H2,1-5H3/t30-/m1/s1. The van der Waals surface area contributed by atoms with Gasteiger partial charge in [0, 0.05) is 34.5 Å². The summed E-state index contributed by atoms with van der Waals surface area (Å²) in [5.41, 5.74) is -0.765. The summed E-state index contributed by atoms with van der Waals surface area (Å²) in [5.74, 6) is -0.450. The SMILES string of the molecule is Cc1c(=O)n(C)c(Nc2ccc(I)cc2F)c2c(=O)n(C3CC3)c(=O)n(-c3cccc(NC[C@](C)(C=O)N(C)C)c3)c12. The molecule has 0 amide bonds. The molecule has 0 bridgehead atoms. The van der Waals surface area contributed by atoms with Crippen LogP contribution >= 0.6 is 22.6 Å². The van der Waals surface area contributed by atoms with Crippen LogP contribution in [0, 0.1) is 16.3 Å². The Morgan fingerprint density at radius 1 is 1.12 bits per heavy atom. The average Bonchev–Trinajstić information content (AvgIpc) is 3.79. The number of hydrogen-bond donors (Lipinski definition) is 2. The Morgan fingerprint density at radius 3 is 2.45 bits per heavy atom. The van der Waals surface area contributed by atoms with Crippen molar-refractivity contribution in [2.75, 3.05) is 31.3 Å². The molecule has 10 nitrogen and oxygen atoms in total. The summed E-state index contributed by atoms with van der Waals surface area (Å²) in [6.07, 6.45) is 2.23. The summed E-state index contributed by atoms with van der Waals surface area (Å²) < 4.78 is 19.5. The molecular weight excluding hydrogens is 654 g/mol. The lowest BCUT2D eigenvalue weighted by Gasteiger charge is -2.31. The second-order valence-corrected chi connectivity index (χ2v) is 12.4. The third-order valence-corrected chi connectivity index (χ3v) is 8.64. The van der Waals surface area contributed by atoms with E-state index in [2.05, 4.69) is 10.6 Å². The van der Waals surface area contributed by atoms with Crippen LogP contribution in [-0.2, 0) is 11.8 Å². The first-order chi connectivity index (χ1) is 19.9. The van der Waals surface area contributed by atoms with E-state index in [1.54, 1.807) is 37.3 Å². The zero-order valence-electron chi connectivity index (χ0n) is 24.0. The molecule has 0 spiro atoms. The van der Waals surface area contributed by atoms with Gasteiger partial charge in [-0.25, -0.2) is 9.18 Å². The van der Waals surface area contributed by atoms with E-state index in [0.717, 1.165) is 6.29 Å². The van der Waals surface area contributed by atoms with Gasteiger partial charge in [0.2, 0.25) is 0 Å². The first-order valence-corrected chi connectivity index (χ1v) is 14.6. The fourth-order valence-corrected chi connectivity index (χ4v) is 5.37. The highest BCUT2D eigenvalue weighted by atomic mass is 127. The summed E-state index contributed by atoms with van der Waals surface area (Å²) in [7, 11) is 5.14. The van der Waals surface area contributed by atoms with Gasteiger partial charge in [0.05, 0.1) is 22.4 Å². The van der Waals surface area contributed by atoms with Crippen molar-refractivity contribution in [3.05, 3.63) is 88.6 Å². The van der Waals surface area contributed by atoms with Crippen molar-refractivity contribution >= 4 is 57.0 Å². The van der Waals surface area contributed by atoms with Gasteiger partial charge >= 0.3 is 5.69 Å². The Kier molecular flexibility index (Phi) is 7.88. The van der Waals surface area contributed by atoms with Gasteiger partial charge < -0.3 is 15.4 Å². The Bertz CT molecular complexity index is 1910. The molecule has 1 saturated carbocycles. The van der Waals surface area contributed by atoms with Crippen molar-refractivity contribution in [2.24, 2.45) is 7.05 Å². The van der Waals surface area contributed by atoms with Crippen molar-refractivity contribution in [3.8, 4) is 5.69 Å². The van der Waals surface area contributed by atoms with E-state index in [4.69, 9.17) is 0 Å². The molecule has 1 aliphatic carbocycles. The maximum Gasteiger partial charge on any atom is 0.336 e. The van der Waals surface area contributed by atoms with E-state index >= 15 is 0 Å². The number of nitrogens with zero attached hydrogens (tertiary/aromatic N) is 4. The zero-order valence-corrected chi connectivity index (χ0v) is 26.2. The summed E-state index contributed by atoms with van der Waals surface area (Å²) >= 11 is 2.00. The van der Waals surface area contributed by atoms with Gasteiger partial charge in [0.25, 0.3) is 11.1 Å². The number of halogens is 2. The molecule has 12 heteroatoms. The number of carbonyl (C=O) groups is 1. The van der Waals surface area contributed by atoms with E-state index in [-0.39, 0.29) is 34.0 Å². The molecule has 5 rings (SSSR count). The lowest BCUT2D eigenvalue weighted by molar-refractivity contribution is -0.115. The highest BCUT2D eigenvalue weighted by Crippen LogP contribution is 2.34. The third kappa shape index (κ3) is 5.17. The molecule has 1 aliphatic rings. The molecule has 0 saturated heterocycles. The number of nitrogens with one attached hydrogen (secondary N) is 2. The monoisotopic (exact) mass is 686 g/mol. The minimum atomic E-state index is -0.771. The number of likely N-dealkylation sites (N-methyl/N-ethyl adjacent to an activating group) is 1. The third-order valence-electron chi connectivity index (χ3n) is 7.97. The Balaban J connectivity index is 1.77. The maximum atomic E-state index is 14.9. The Labute approximate surface area is 254 Å². The molecule has 0 radical (unpaired) electrons. The van der Waals surface area contributed by atoms with Crippen molar-refractivity contribution in [3.63, 3.8) is 0 Å². The fraction of sp³-hybridized carbons (Fsp3) is 0.333.